The van der Waals surface area contributed by atoms with Crippen LogP contribution in [-0.2, 0) is 4.79 Å². The van der Waals surface area contributed by atoms with Crippen molar-refractivity contribution in [2.75, 3.05) is 13.2 Å². The Morgan fingerprint density at radius 1 is 1.07 bits per heavy atom. The third-order valence-electron chi connectivity index (χ3n) is 4.95. The van der Waals surface area contributed by atoms with E-state index in [0.717, 1.165) is 22.9 Å². The number of aromatic amines is 1. The van der Waals surface area contributed by atoms with Crippen molar-refractivity contribution in [3.63, 3.8) is 0 Å². The number of ether oxygens (including phenoxy) is 2. The average molecular weight is 378 g/mol. The molecule has 1 aliphatic rings. The van der Waals surface area contributed by atoms with Crippen LogP contribution in [0.15, 0.2) is 42.5 Å². The highest BCUT2D eigenvalue weighted by atomic mass is 16.5. The van der Waals surface area contributed by atoms with Crippen LogP contribution >= 0.6 is 0 Å². The predicted octanol–water partition coefficient (Wildman–Crippen LogP) is 3.70. The molecule has 4 rings (SSSR count). The average Bonchev–Trinajstić information content (AvgIpc) is 2.86. The molecule has 0 saturated heterocycles. The zero-order valence-electron chi connectivity index (χ0n) is 15.9. The second-order valence-electron chi connectivity index (χ2n) is 6.95. The van der Waals surface area contributed by atoms with E-state index in [1.807, 2.05) is 49.4 Å². The molecule has 0 saturated carbocycles. The number of aryl methyl sites for hydroxylation is 1. The summed E-state index contributed by atoms with van der Waals surface area (Å²) < 4.78 is 11.3. The van der Waals surface area contributed by atoms with E-state index in [0.29, 0.717) is 36.0 Å². The van der Waals surface area contributed by atoms with Gasteiger partial charge in [-0.3, -0.25) is 9.59 Å². The second kappa shape index (κ2) is 7.38. The summed E-state index contributed by atoms with van der Waals surface area (Å²) in [6.07, 6.45) is 0.828. The Labute approximate surface area is 162 Å². The van der Waals surface area contributed by atoms with Crippen LogP contribution in [0.2, 0.25) is 0 Å². The molecule has 0 bridgehead atoms. The van der Waals surface area contributed by atoms with Crippen molar-refractivity contribution in [2.24, 2.45) is 0 Å². The second-order valence-corrected chi connectivity index (χ2v) is 6.95. The minimum Gasteiger partial charge on any atom is -0.490 e. The van der Waals surface area contributed by atoms with Gasteiger partial charge >= 0.3 is 0 Å². The number of Topliss-reactive ketones (excluding diaryl/α,β-unsaturated/α-hetero) is 1. The van der Waals surface area contributed by atoms with Crippen LogP contribution in [0, 0.1) is 6.92 Å². The Hall–Kier alpha value is -3.28. The van der Waals surface area contributed by atoms with Crippen molar-refractivity contribution in [3.8, 4) is 11.5 Å². The molecule has 0 aliphatic carbocycles. The van der Waals surface area contributed by atoms with Gasteiger partial charge in [-0.1, -0.05) is 24.3 Å². The van der Waals surface area contributed by atoms with Gasteiger partial charge < -0.3 is 19.8 Å². The number of H-pyrrole nitrogens is 1. The zero-order chi connectivity index (χ0) is 19.7. The maximum absolute atomic E-state index is 12.8. The van der Waals surface area contributed by atoms with Gasteiger partial charge in [0, 0.05) is 23.0 Å². The van der Waals surface area contributed by atoms with Gasteiger partial charge in [0.2, 0.25) is 0 Å². The van der Waals surface area contributed by atoms with Crippen LogP contribution in [-0.4, -0.2) is 29.9 Å². The number of fused-ring (bicyclic) bond motifs is 2. The number of hydrogen-bond donors (Lipinski definition) is 2. The highest BCUT2D eigenvalue weighted by molar-refractivity contribution is 6.45. The number of ketones is 1. The first-order chi connectivity index (χ1) is 13.5. The number of carbonyl (C=O) groups excluding carboxylic acids is 2. The van der Waals surface area contributed by atoms with Gasteiger partial charge in [0.05, 0.1) is 24.8 Å². The Morgan fingerprint density at radius 2 is 1.82 bits per heavy atom. The lowest BCUT2D eigenvalue weighted by Crippen LogP contribution is -2.33. The first kappa shape index (κ1) is 18.1. The maximum atomic E-state index is 12.8. The molecule has 28 heavy (non-hydrogen) atoms. The molecule has 1 amide bonds. The summed E-state index contributed by atoms with van der Waals surface area (Å²) in [4.78, 5) is 28.6. The molecule has 6 nitrogen and oxygen atoms in total. The maximum Gasteiger partial charge on any atom is 0.292 e. The SMILES string of the molecule is Cc1[nH]c2ccccc2c1C(=O)C(=O)N[C@H](C)c1ccc2c(c1)OCCCO2. The molecule has 1 aliphatic heterocycles. The van der Waals surface area contributed by atoms with E-state index in [2.05, 4.69) is 10.3 Å². The Kier molecular flexibility index (Phi) is 4.77. The number of rotatable bonds is 4. The van der Waals surface area contributed by atoms with E-state index in [4.69, 9.17) is 9.47 Å². The van der Waals surface area contributed by atoms with Crippen molar-refractivity contribution >= 4 is 22.6 Å². The summed E-state index contributed by atoms with van der Waals surface area (Å²) in [7, 11) is 0. The molecule has 1 atom stereocenters. The van der Waals surface area contributed by atoms with E-state index < -0.39 is 11.7 Å². The Bertz CT molecular complexity index is 1050. The molecule has 1 aromatic heterocycles. The lowest BCUT2D eigenvalue weighted by Gasteiger charge is -2.16. The lowest BCUT2D eigenvalue weighted by atomic mass is 10.0. The fourth-order valence-electron chi connectivity index (χ4n) is 3.48. The van der Waals surface area contributed by atoms with Crippen LogP contribution in [0.5, 0.6) is 11.5 Å². The van der Waals surface area contributed by atoms with Crippen molar-refractivity contribution < 1.29 is 19.1 Å². The lowest BCUT2D eigenvalue weighted by molar-refractivity contribution is -0.117. The minimum absolute atomic E-state index is 0.348. The summed E-state index contributed by atoms with van der Waals surface area (Å²) in [6.45, 7) is 4.85. The number of benzene rings is 2. The smallest absolute Gasteiger partial charge is 0.292 e. The highest BCUT2D eigenvalue weighted by Gasteiger charge is 2.24. The summed E-state index contributed by atoms with van der Waals surface area (Å²) in [5.41, 5.74) is 2.79. The topological polar surface area (TPSA) is 80.4 Å². The van der Waals surface area contributed by atoms with Crippen molar-refractivity contribution in [1.82, 2.24) is 10.3 Å². The number of para-hydroxylation sites is 1. The summed E-state index contributed by atoms with van der Waals surface area (Å²) in [5, 5.41) is 3.55. The zero-order valence-corrected chi connectivity index (χ0v) is 15.9. The fraction of sp³-hybridized carbons (Fsp3) is 0.273. The van der Waals surface area contributed by atoms with E-state index in [-0.39, 0.29) is 6.04 Å². The molecule has 2 heterocycles. The molecule has 0 radical (unpaired) electrons. The van der Waals surface area contributed by atoms with Gasteiger partial charge in [-0.15, -0.1) is 0 Å². The van der Waals surface area contributed by atoms with Crippen LogP contribution in [0.1, 0.15) is 41.0 Å². The van der Waals surface area contributed by atoms with Gasteiger partial charge in [0.15, 0.2) is 11.5 Å². The molecule has 2 aromatic carbocycles. The Morgan fingerprint density at radius 3 is 2.64 bits per heavy atom. The summed E-state index contributed by atoms with van der Waals surface area (Å²) >= 11 is 0. The number of aromatic nitrogens is 1. The number of carbonyl (C=O) groups is 2. The van der Waals surface area contributed by atoms with Crippen molar-refractivity contribution in [2.45, 2.75) is 26.3 Å². The normalized spacial score (nSPS) is 14.4. The monoisotopic (exact) mass is 378 g/mol. The summed E-state index contributed by atoms with van der Waals surface area (Å²) in [6, 6.07) is 12.7. The molecule has 144 valence electrons. The molecule has 0 fully saturated rings. The third-order valence-corrected chi connectivity index (χ3v) is 4.95. The number of hydrogen-bond acceptors (Lipinski definition) is 4. The van der Waals surface area contributed by atoms with E-state index in [9.17, 15) is 9.59 Å². The summed E-state index contributed by atoms with van der Waals surface area (Å²) in [5.74, 6) is 0.184. The largest absolute Gasteiger partial charge is 0.490 e. The van der Waals surface area contributed by atoms with Crippen molar-refractivity contribution in [1.29, 1.82) is 0 Å². The first-order valence-electron chi connectivity index (χ1n) is 9.36. The molecule has 0 spiro atoms. The number of amides is 1. The van der Waals surface area contributed by atoms with E-state index >= 15 is 0 Å². The van der Waals surface area contributed by atoms with Crippen LogP contribution in [0.3, 0.4) is 0 Å². The van der Waals surface area contributed by atoms with E-state index in [1.54, 1.807) is 6.92 Å². The highest BCUT2D eigenvalue weighted by Crippen LogP contribution is 2.32. The molecular formula is C22H22N2O4. The standard InChI is InChI=1S/C22H22N2O4/c1-13(15-8-9-18-19(12-15)28-11-5-10-27-18)24-22(26)21(25)20-14(2)23-17-7-4-3-6-16(17)20/h3-4,6-9,12-13,23H,5,10-11H2,1-2H3,(H,24,26)/t13-/m1/s1. The predicted molar refractivity (Wildman–Crippen MR) is 106 cm³/mol. The van der Waals surface area contributed by atoms with Gasteiger partial charge in [-0.25, -0.2) is 0 Å². The molecule has 3 aromatic rings. The van der Waals surface area contributed by atoms with Gasteiger partial charge in [0.1, 0.15) is 0 Å². The molecule has 6 heteroatoms. The van der Waals surface area contributed by atoms with Gasteiger partial charge in [0.25, 0.3) is 11.7 Å². The van der Waals surface area contributed by atoms with E-state index in [1.165, 1.54) is 0 Å². The van der Waals surface area contributed by atoms with Crippen LogP contribution in [0.25, 0.3) is 10.9 Å². The quantitative estimate of drug-likeness (QED) is 0.536. The van der Waals surface area contributed by atoms with Crippen molar-refractivity contribution in [3.05, 3.63) is 59.3 Å². The van der Waals surface area contributed by atoms with Crippen LogP contribution in [0.4, 0.5) is 0 Å². The van der Waals surface area contributed by atoms with Crippen LogP contribution < -0.4 is 14.8 Å². The van der Waals surface area contributed by atoms with Gasteiger partial charge in [-0.2, -0.15) is 0 Å². The molecular weight excluding hydrogens is 356 g/mol. The molecule has 2 N–H and O–H groups in total. The minimum atomic E-state index is -0.632. The third kappa shape index (κ3) is 3.33. The molecule has 0 unspecified atom stereocenters. The number of nitrogens with one attached hydrogen (secondary N) is 2. The Balaban J connectivity index is 1.54. The first-order valence-corrected chi connectivity index (χ1v) is 9.36. The fourth-order valence-corrected chi connectivity index (χ4v) is 3.48. The van der Waals surface area contributed by atoms with Gasteiger partial charge in [-0.05, 0) is 37.6 Å².